The number of carbonyl (C=O) groups is 5. The van der Waals surface area contributed by atoms with Crippen LogP contribution in [0.5, 0.6) is 23.0 Å². The molecule has 4 N–H and O–H groups in total. The van der Waals surface area contributed by atoms with Gasteiger partial charge in [-0.1, -0.05) is 58.7 Å². The minimum absolute atomic E-state index is 0. The molecule has 0 amide bonds. The first-order valence-corrected chi connectivity index (χ1v) is 19.4. The molecule has 0 aromatic heterocycles. The van der Waals surface area contributed by atoms with Crippen molar-refractivity contribution in [3.05, 3.63) is 141 Å². The van der Waals surface area contributed by atoms with E-state index in [1.54, 1.807) is 58.0 Å². The van der Waals surface area contributed by atoms with Crippen molar-refractivity contribution in [1.29, 1.82) is 0 Å². The van der Waals surface area contributed by atoms with E-state index in [1.165, 1.54) is 67.6 Å². The number of carboxylic acids is 1. The Labute approximate surface area is 528 Å². The molecule has 0 bridgehead atoms. The number of phenolic OH excluding ortho intramolecular Hbond substituents is 2. The van der Waals surface area contributed by atoms with Gasteiger partial charge < -0.3 is 51.3 Å². The predicted octanol–water partition coefficient (Wildman–Crippen LogP) is -0.227. The number of ether oxygens (including phenoxy) is 4. The Kier molecular flexibility index (Phi) is 33.4. The molecule has 4 aromatic rings. The Morgan fingerprint density at radius 1 is 0.736 bits per heavy atom. The molecule has 0 saturated heterocycles. The summed E-state index contributed by atoms with van der Waals surface area (Å²) in [4.78, 5) is 54.5. The number of hydrogen-bond acceptors (Lipinski definition) is 14. The van der Waals surface area contributed by atoms with Crippen LogP contribution in [-0.2, 0) is 33.5 Å². The van der Waals surface area contributed by atoms with Crippen LogP contribution in [0.1, 0.15) is 74.2 Å². The third-order valence-corrected chi connectivity index (χ3v) is 8.01. The zero-order valence-corrected chi connectivity index (χ0v) is 48.3. The molecule has 0 saturated carbocycles. The van der Waals surface area contributed by atoms with Gasteiger partial charge in [0.15, 0.2) is 6.29 Å². The van der Waals surface area contributed by atoms with Gasteiger partial charge in [0, 0.05) is 25.4 Å². The first-order valence-electron chi connectivity index (χ1n) is 22.4. The summed E-state index contributed by atoms with van der Waals surface area (Å²) < 4.78 is 138. The number of phenols is 2. The monoisotopic (exact) mass is 1090 g/mol. The molecule has 4 aromatic carbocycles. The van der Waals surface area contributed by atoms with Crippen LogP contribution >= 0.6 is 0 Å². The van der Waals surface area contributed by atoms with E-state index in [0.29, 0.717) is 24.0 Å². The number of halogens is 6. The minimum atomic E-state index is -4.76. The van der Waals surface area contributed by atoms with E-state index < -0.39 is 61.3 Å². The maximum absolute atomic E-state index is 13.0. The molecule has 6 rings (SSSR count). The van der Waals surface area contributed by atoms with E-state index in [1.807, 2.05) is 0 Å². The molecule has 24 heteroatoms. The van der Waals surface area contributed by atoms with Gasteiger partial charge in [-0.05, 0) is 109 Å². The number of rotatable bonds is 7. The molecule has 0 radical (unpaired) electrons. The second-order valence-corrected chi connectivity index (χ2v) is 13.3. The summed E-state index contributed by atoms with van der Waals surface area (Å²) in [6.45, 7) is 4.59. The summed E-state index contributed by atoms with van der Waals surface area (Å²) in [5.74, 6) is -2.90. The number of esters is 2. The molecule has 72 heavy (non-hydrogen) atoms. The number of carbonyl (C=O) groups excluding carboxylic acids is 4. The topological polar surface area (TPSA) is 245 Å². The van der Waals surface area contributed by atoms with Crippen LogP contribution in [0.4, 0.5) is 26.3 Å². The molecule has 2 heterocycles. The second kappa shape index (κ2) is 38.2. The van der Waals surface area contributed by atoms with Gasteiger partial charge in [-0.2, -0.15) is 26.3 Å². The number of allylic oxidation sites excluding steroid dienone is 1. The SMILES string of the molecule is C/C=C/C(=O)OCC.CCOC(=O)C1=Cc2cc(C)ccc2OC1C(F)(F)F.Cc1ccc2c(c1)C=C(C(=O)O)C(C(F)(F)F)O2.O=CO[O-].[2H]C([2H])([2H])c1ccc(O)c(C=O)c1.[2H]C([2H])([2H])c1ccc(O)cc1.[H-].[K+].[K+].[Na+].[OH-]. The van der Waals surface area contributed by atoms with Gasteiger partial charge in [-0.15, -0.1) is 0 Å². The Hall–Kier alpha value is -3.38. The predicted molar refractivity (Wildman–Crippen MR) is 236 cm³/mol. The average Bonchev–Trinajstić information content (AvgIpc) is 3.30. The van der Waals surface area contributed by atoms with E-state index in [2.05, 4.69) is 14.4 Å². The maximum Gasteiger partial charge on any atom is 1.00 e. The Balaban J connectivity index is -0.000000287. The van der Waals surface area contributed by atoms with Crippen molar-refractivity contribution < 1.29 is 242 Å². The first-order chi connectivity index (χ1) is 34.3. The van der Waals surface area contributed by atoms with Gasteiger partial charge in [-0.25, -0.2) is 14.4 Å². The third kappa shape index (κ3) is 27.8. The molecule has 2 unspecified atom stereocenters. The molecule has 0 spiro atoms. The normalized spacial score (nSPS) is 14.9. The fraction of sp³-hybridized carbons (Fsp3) is 0.271. The number of fused-ring (bicyclic) bond motifs is 2. The number of hydrogen-bond donors (Lipinski definition) is 3. The number of aryl methyl sites for hydroxylation is 4. The largest absolute Gasteiger partial charge is 1.00 e. The van der Waals surface area contributed by atoms with Crippen LogP contribution in [0.25, 0.3) is 12.2 Å². The van der Waals surface area contributed by atoms with Gasteiger partial charge in [0.25, 0.3) is 6.47 Å². The minimum Gasteiger partial charge on any atom is -1.00 e. The van der Waals surface area contributed by atoms with Crippen molar-refractivity contribution in [2.24, 2.45) is 0 Å². The fourth-order valence-corrected chi connectivity index (χ4v) is 5.12. The van der Waals surface area contributed by atoms with Gasteiger partial charge in [0.2, 0.25) is 12.2 Å². The van der Waals surface area contributed by atoms with E-state index in [9.17, 15) is 45.5 Å². The van der Waals surface area contributed by atoms with Gasteiger partial charge >= 0.3 is 163 Å². The zero-order chi connectivity index (χ0) is 56.8. The van der Waals surface area contributed by atoms with Crippen molar-refractivity contribution >= 4 is 42.8 Å². The van der Waals surface area contributed by atoms with Gasteiger partial charge in [-0.3, -0.25) is 9.59 Å². The standard InChI is InChI=1S/C14H13F3O3.C12H9F3O3.C8H8O2.C7H8O.C6H10O2.CH2O3.2K.Na.H2O.H/c1-3-19-13(18)10-7-9-6-8(2)4-5-11(9)20-12(10)14(15,16)17;1-6-2-3-9-7(4-6)5-8(11(16)17)10(18-9)12(13,14)15;1-6-2-3-8(10)7(4-6)5-9;1-6-2-4-7(8)5-3-6;1-3-5-6(7)8-4-2;2-1-4-3;;;;;/h4-7,12H,3H2,1-2H3;2-5,10H,1H3,(H,16,17);2-5,10H,1H3;2-5,8H,1H3;3,5H,4H2,1-2H3;1,3H;;;;1H2;/q;;;;;;3*+1;;-1/p-2/b;;;;5-3+;;;;;;/i;;2*1D3;;;;;;;. The van der Waals surface area contributed by atoms with Crippen LogP contribution in [0.15, 0.2) is 102 Å². The van der Waals surface area contributed by atoms with Crippen LogP contribution in [0.3, 0.4) is 0 Å². The summed E-state index contributed by atoms with van der Waals surface area (Å²) in [5.41, 5.74) is 1.40. The summed E-state index contributed by atoms with van der Waals surface area (Å²) in [7, 11) is 0. The van der Waals surface area contributed by atoms with E-state index in [4.69, 9.17) is 43.1 Å². The summed E-state index contributed by atoms with van der Waals surface area (Å²) >= 11 is 0. The molecule has 2 aliphatic heterocycles. The van der Waals surface area contributed by atoms with Crippen molar-refractivity contribution in [3.8, 4) is 23.0 Å². The quantitative estimate of drug-likeness (QED) is 0.0412. The third-order valence-electron chi connectivity index (χ3n) is 8.01. The van der Waals surface area contributed by atoms with E-state index >= 15 is 0 Å². The van der Waals surface area contributed by atoms with Crippen molar-refractivity contribution in [2.75, 3.05) is 13.2 Å². The Bertz CT molecular complexity index is 2640. The Morgan fingerprint density at radius 2 is 1.17 bits per heavy atom. The van der Waals surface area contributed by atoms with Crippen molar-refractivity contribution in [2.45, 2.75) is 72.9 Å². The van der Waals surface area contributed by atoms with E-state index in [0.717, 1.165) is 23.3 Å². The first kappa shape index (κ1) is 62.9. The number of carboxylic acid groups (broad SMARTS) is 1. The molecule has 0 aliphatic carbocycles. The second-order valence-electron chi connectivity index (χ2n) is 13.3. The summed E-state index contributed by atoms with van der Waals surface area (Å²) in [5, 5.41) is 35.2. The van der Waals surface area contributed by atoms with Crippen molar-refractivity contribution in [1.82, 2.24) is 0 Å². The summed E-state index contributed by atoms with van der Waals surface area (Å²) in [6, 6.07) is 18.5. The zero-order valence-electron chi connectivity index (χ0n) is 47.1. The number of aldehydes is 1. The average molecular weight is 1090 g/mol. The van der Waals surface area contributed by atoms with Gasteiger partial charge in [0.1, 0.15) is 23.0 Å². The van der Waals surface area contributed by atoms with Crippen LogP contribution in [0, 0.1) is 27.6 Å². The summed E-state index contributed by atoms with van der Waals surface area (Å²) in [6.07, 6.45) is -8.50. The number of aromatic hydroxyl groups is 2. The molecular weight excluding hydrogens is 1030 g/mol. The molecular formula is C48H51F6K2NaO15. The van der Waals surface area contributed by atoms with Gasteiger partial charge in [0.05, 0.1) is 29.9 Å². The number of aliphatic carboxylic acids is 1. The van der Waals surface area contributed by atoms with Crippen LogP contribution in [0.2, 0.25) is 0 Å². The van der Waals surface area contributed by atoms with E-state index in [-0.39, 0.29) is 198 Å². The number of benzene rings is 4. The van der Waals surface area contributed by atoms with Crippen LogP contribution < -0.4 is 147 Å². The smallest absolute Gasteiger partial charge is 1.00 e. The van der Waals surface area contributed by atoms with Crippen molar-refractivity contribution in [3.63, 3.8) is 0 Å². The maximum atomic E-state index is 13.0. The fourth-order valence-electron chi connectivity index (χ4n) is 5.12. The molecule has 378 valence electrons. The van der Waals surface area contributed by atoms with Crippen LogP contribution in [-0.4, -0.2) is 89.2 Å². The Morgan fingerprint density at radius 3 is 1.56 bits per heavy atom. The molecule has 0 fully saturated rings. The number of alkyl halides is 6. The molecule has 2 aliphatic rings. The molecule has 15 nitrogen and oxygen atoms in total. The molecule has 2 atom stereocenters.